The molecule has 1 rings (SSSR count). The van der Waals surface area contributed by atoms with Gasteiger partial charge < -0.3 is 5.11 Å². The van der Waals surface area contributed by atoms with Gasteiger partial charge in [0.15, 0.2) is 0 Å². The van der Waals surface area contributed by atoms with Gasteiger partial charge in [-0.15, -0.1) is 0 Å². The van der Waals surface area contributed by atoms with Crippen molar-refractivity contribution in [1.29, 1.82) is 0 Å². The molecule has 1 nitrogen and oxygen atoms in total. The second-order valence-electron chi connectivity index (χ2n) is 3.31. The van der Waals surface area contributed by atoms with Crippen molar-refractivity contribution in [2.45, 2.75) is 32.8 Å². The van der Waals surface area contributed by atoms with E-state index in [4.69, 9.17) is 11.6 Å². The number of hydrogen-bond acceptors (Lipinski definition) is 1. The molecule has 1 N–H and O–H groups in total. The van der Waals surface area contributed by atoms with Crippen LogP contribution in [-0.4, -0.2) is 5.11 Å². The summed E-state index contributed by atoms with van der Waals surface area (Å²) in [7, 11) is 0. The van der Waals surface area contributed by atoms with Gasteiger partial charge in [-0.2, -0.15) is 0 Å². The maximum Gasteiger partial charge on any atom is 0.0793 e. The van der Waals surface area contributed by atoms with Crippen LogP contribution < -0.4 is 0 Å². The zero-order valence-electron chi connectivity index (χ0n) is 8.05. The van der Waals surface area contributed by atoms with Crippen molar-refractivity contribution in [2.75, 3.05) is 0 Å². The minimum atomic E-state index is -0.372. The molecular weight excluding hydrogens is 184 g/mol. The molecule has 0 heterocycles. The number of aliphatic hydroxyl groups is 1. The molecule has 0 spiro atoms. The Morgan fingerprint density at radius 2 is 2.15 bits per heavy atom. The van der Waals surface area contributed by atoms with Crippen LogP contribution in [0.3, 0.4) is 0 Å². The lowest BCUT2D eigenvalue weighted by molar-refractivity contribution is 0.166. The highest BCUT2D eigenvalue weighted by Gasteiger charge is 2.09. The van der Waals surface area contributed by atoms with Crippen molar-refractivity contribution < 1.29 is 5.11 Å². The predicted molar refractivity (Wildman–Crippen MR) is 56.1 cm³/mol. The summed E-state index contributed by atoms with van der Waals surface area (Å²) in [5.41, 5.74) is 2.06. The Morgan fingerprint density at radius 1 is 1.46 bits per heavy atom. The Balaban J connectivity index is 2.91. The molecule has 1 aromatic carbocycles. The molecular formula is C11H15ClO. The molecule has 2 heteroatoms. The van der Waals surface area contributed by atoms with Gasteiger partial charge in [-0.3, -0.25) is 0 Å². The van der Waals surface area contributed by atoms with Crippen molar-refractivity contribution in [1.82, 2.24) is 0 Å². The van der Waals surface area contributed by atoms with Gasteiger partial charge in [-0.05, 0) is 36.6 Å². The lowest BCUT2D eigenvalue weighted by atomic mass is 10.0. The van der Waals surface area contributed by atoms with Gasteiger partial charge in [0, 0.05) is 5.02 Å². The fraction of sp³-hybridized carbons (Fsp3) is 0.455. The van der Waals surface area contributed by atoms with Gasteiger partial charge in [0.2, 0.25) is 0 Å². The zero-order chi connectivity index (χ0) is 9.84. The highest BCUT2D eigenvalue weighted by atomic mass is 35.5. The van der Waals surface area contributed by atoms with E-state index in [1.54, 1.807) is 0 Å². The van der Waals surface area contributed by atoms with E-state index in [9.17, 15) is 5.11 Å². The Morgan fingerprint density at radius 3 is 2.77 bits per heavy atom. The summed E-state index contributed by atoms with van der Waals surface area (Å²) < 4.78 is 0. The van der Waals surface area contributed by atoms with Crippen LogP contribution in [0.5, 0.6) is 0 Å². The van der Waals surface area contributed by atoms with E-state index in [0.717, 1.165) is 24.0 Å². The molecule has 0 aliphatic rings. The monoisotopic (exact) mass is 198 g/mol. The molecule has 0 saturated heterocycles. The minimum absolute atomic E-state index is 0.372. The summed E-state index contributed by atoms with van der Waals surface area (Å²) in [6.07, 6.45) is 1.40. The smallest absolute Gasteiger partial charge is 0.0793 e. The van der Waals surface area contributed by atoms with Crippen molar-refractivity contribution in [2.24, 2.45) is 0 Å². The Hall–Kier alpha value is -0.530. The number of benzene rings is 1. The normalized spacial score (nSPS) is 12.9. The van der Waals surface area contributed by atoms with Crippen LogP contribution in [0.25, 0.3) is 0 Å². The standard InChI is InChI=1S/C11H15ClO/c1-3-4-11(13)10-7-9(12)6-5-8(10)2/h5-7,11,13H,3-4H2,1-2H3. The lowest BCUT2D eigenvalue weighted by Crippen LogP contribution is -1.99. The highest BCUT2D eigenvalue weighted by molar-refractivity contribution is 6.30. The van der Waals surface area contributed by atoms with E-state index in [2.05, 4.69) is 6.92 Å². The molecule has 0 aliphatic heterocycles. The molecule has 13 heavy (non-hydrogen) atoms. The molecule has 1 unspecified atom stereocenters. The van der Waals surface area contributed by atoms with Crippen LogP contribution in [0.2, 0.25) is 5.02 Å². The number of aliphatic hydroxyl groups excluding tert-OH is 1. The summed E-state index contributed by atoms with van der Waals surface area (Å²) in [5.74, 6) is 0. The van der Waals surface area contributed by atoms with E-state index < -0.39 is 0 Å². The number of halogens is 1. The second kappa shape index (κ2) is 4.64. The van der Waals surface area contributed by atoms with Gasteiger partial charge in [-0.1, -0.05) is 31.0 Å². The van der Waals surface area contributed by atoms with Gasteiger partial charge in [-0.25, -0.2) is 0 Å². The largest absolute Gasteiger partial charge is 0.388 e. The van der Waals surface area contributed by atoms with Crippen LogP contribution in [-0.2, 0) is 0 Å². The molecule has 1 atom stereocenters. The highest BCUT2D eigenvalue weighted by Crippen LogP contribution is 2.24. The van der Waals surface area contributed by atoms with Crippen molar-refractivity contribution in [3.63, 3.8) is 0 Å². The van der Waals surface area contributed by atoms with Gasteiger partial charge in [0.25, 0.3) is 0 Å². The Labute approximate surface area is 84.4 Å². The molecule has 72 valence electrons. The summed E-state index contributed by atoms with van der Waals surface area (Å²) in [6, 6.07) is 5.63. The Kier molecular flexibility index (Phi) is 3.76. The first-order chi connectivity index (χ1) is 6.15. The minimum Gasteiger partial charge on any atom is -0.388 e. The fourth-order valence-corrected chi connectivity index (χ4v) is 1.58. The summed E-state index contributed by atoms with van der Waals surface area (Å²) in [6.45, 7) is 4.05. The van der Waals surface area contributed by atoms with E-state index in [1.165, 1.54) is 0 Å². The zero-order valence-corrected chi connectivity index (χ0v) is 8.80. The van der Waals surface area contributed by atoms with Crippen molar-refractivity contribution in [3.05, 3.63) is 34.3 Å². The first-order valence-electron chi connectivity index (χ1n) is 4.59. The average Bonchev–Trinajstić information content (AvgIpc) is 2.09. The van der Waals surface area contributed by atoms with Gasteiger partial charge in [0.05, 0.1) is 6.10 Å². The average molecular weight is 199 g/mol. The first-order valence-corrected chi connectivity index (χ1v) is 4.97. The van der Waals surface area contributed by atoms with Crippen LogP contribution in [0.4, 0.5) is 0 Å². The summed E-state index contributed by atoms with van der Waals surface area (Å²) in [4.78, 5) is 0. The second-order valence-corrected chi connectivity index (χ2v) is 3.74. The third-order valence-corrected chi connectivity index (χ3v) is 2.40. The molecule has 0 bridgehead atoms. The predicted octanol–water partition coefficient (Wildman–Crippen LogP) is 3.48. The fourth-order valence-electron chi connectivity index (χ4n) is 1.40. The quantitative estimate of drug-likeness (QED) is 0.789. The molecule has 0 radical (unpaired) electrons. The van der Waals surface area contributed by atoms with Crippen LogP contribution in [0, 0.1) is 6.92 Å². The molecule has 0 amide bonds. The lowest BCUT2D eigenvalue weighted by Gasteiger charge is -2.12. The van der Waals surface area contributed by atoms with E-state index in [-0.39, 0.29) is 6.10 Å². The Bertz CT molecular complexity index is 283. The van der Waals surface area contributed by atoms with E-state index >= 15 is 0 Å². The molecule has 1 aromatic rings. The van der Waals surface area contributed by atoms with Crippen LogP contribution >= 0.6 is 11.6 Å². The summed E-state index contributed by atoms with van der Waals surface area (Å²) in [5, 5.41) is 10.5. The third-order valence-electron chi connectivity index (χ3n) is 2.16. The van der Waals surface area contributed by atoms with Gasteiger partial charge >= 0.3 is 0 Å². The van der Waals surface area contributed by atoms with Crippen LogP contribution in [0.1, 0.15) is 37.0 Å². The molecule has 0 aliphatic carbocycles. The van der Waals surface area contributed by atoms with Crippen LogP contribution in [0.15, 0.2) is 18.2 Å². The summed E-state index contributed by atoms with van der Waals surface area (Å²) >= 11 is 5.85. The SMILES string of the molecule is CCCC(O)c1cc(Cl)ccc1C. The van der Waals surface area contributed by atoms with Gasteiger partial charge in [0.1, 0.15) is 0 Å². The first kappa shape index (κ1) is 10.6. The maximum atomic E-state index is 9.77. The number of rotatable bonds is 3. The molecule has 0 fully saturated rings. The topological polar surface area (TPSA) is 20.2 Å². The molecule has 0 saturated carbocycles. The molecule has 0 aromatic heterocycles. The maximum absolute atomic E-state index is 9.77. The number of hydrogen-bond donors (Lipinski definition) is 1. The van der Waals surface area contributed by atoms with E-state index in [1.807, 2.05) is 25.1 Å². The van der Waals surface area contributed by atoms with Crippen molar-refractivity contribution in [3.8, 4) is 0 Å². The van der Waals surface area contributed by atoms with E-state index in [0.29, 0.717) is 5.02 Å². The van der Waals surface area contributed by atoms with Crippen molar-refractivity contribution >= 4 is 11.6 Å². The number of aryl methyl sites for hydroxylation is 1. The third kappa shape index (κ3) is 2.71.